The van der Waals surface area contributed by atoms with Crippen molar-refractivity contribution in [3.05, 3.63) is 29.0 Å². The van der Waals surface area contributed by atoms with Gasteiger partial charge in [-0.25, -0.2) is 4.39 Å². The minimum Gasteiger partial charge on any atom is -0.348 e. The van der Waals surface area contributed by atoms with Crippen molar-refractivity contribution >= 4 is 34.6 Å². The summed E-state index contributed by atoms with van der Waals surface area (Å²) in [6.07, 6.45) is -3.67. The minimum absolute atomic E-state index is 0.0744. The van der Waals surface area contributed by atoms with E-state index in [9.17, 15) is 17.6 Å². The van der Waals surface area contributed by atoms with E-state index >= 15 is 0 Å². The zero-order valence-electron chi connectivity index (χ0n) is 10.9. The average molecular weight is 341 g/mol. The van der Waals surface area contributed by atoms with Crippen LogP contribution in [0.15, 0.2) is 18.2 Å². The molecule has 0 radical (unpaired) electrons. The van der Waals surface area contributed by atoms with Crippen LogP contribution in [0.1, 0.15) is 12.8 Å². The fraction of sp³-hybridized carbons (Fsp3) is 0.462. The van der Waals surface area contributed by atoms with Crippen molar-refractivity contribution in [1.29, 1.82) is 0 Å². The molecule has 1 unspecified atom stereocenters. The number of halogens is 5. The number of nitrogens with zero attached hydrogens (tertiary/aromatic N) is 1. The summed E-state index contributed by atoms with van der Waals surface area (Å²) < 4.78 is 51.3. The quantitative estimate of drug-likeness (QED) is 0.600. The van der Waals surface area contributed by atoms with Gasteiger partial charge in [0.1, 0.15) is 5.82 Å². The van der Waals surface area contributed by atoms with Crippen molar-refractivity contribution in [3.63, 3.8) is 0 Å². The van der Waals surface area contributed by atoms with Gasteiger partial charge in [0, 0.05) is 18.8 Å². The van der Waals surface area contributed by atoms with Gasteiger partial charge in [0.05, 0.1) is 10.9 Å². The summed E-state index contributed by atoms with van der Waals surface area (Å²) in [5.74, 6) is -1.94. The predicted octanol–water partition coefficient (Wildman–Crippen LogP) is 4.45. The van der Waals surface area contributed by atoms with Crippen molar-refractivity contribution in [1.82, 2.24) is 4.90 Å². The number of anilines is 1. The molecule has 0 bridgehead atoms. The molecule has 8 heteroatoms. The maximum Gasteiger partial charge on any atom is 0.393 e. The Morgan fingerprint density at radius 2 is 2.10 bits per heavy atom. The Hall–Kier alpha value is -1.08. The second kappa shape index (κ2) is 6.36. The summed E-state index contributed by atoms with van der Waals surface area (Å²) in [5, 5.41) is 2.90. The first-order chi connectivity index (χ1) is 9.77. The fourth-order valence-corrected chi connectivity index (χ4v) is 2.67. The lowest BCUT2D eigenvalue weighted by Gasteiger charge is -2.35. The molecule has 0 aromatic heterocycles. The topological polar surface area (TPSA) is 15.3 Å². The molecule has 0 aliphatic carbocycles. The van der Waals surface area contributed by atoms with E-state index in [4.69, 9.17) is 23.8 Å². The van der Waals surface area contributed by atoms with E-state index < -0.39 is 17.9 Å². The number of alkyl halides is 3. The van der Waals surface area contributed by atoms with Crippen LogP contribution in [0.2, 0.25) is 5.02 Å². The van der Waals surface area contributed by atoms with Gasteiger partial charge in [-0.1, -0.05) is 11.6 Å². The number of thiocarbonyl (C=S) groups is 1. The van der Waals surface area contributed by atoms with Crippen molar-refractivity contribution in [2.75, 3.05) is 18.4 Å². The van der Waals surface area contributed by atoms with Gasteiger partial charge in [-0.2, -0.15) is 13.2 Å². The lowest BCUT2D eigenvalue weighted by molar-refractivity contribution is -0.183. The molecular weight excluding hydrogens is 328 g/mol. The first-order valence-corrected chi connectivity index (χ1v) is 7.13. The average Bonchev–Trinajstić information content (AvgIpc) is 2.42. The summed E-state index contributed by atoms with van der Waals surface area (Å²) in [5.41, 5.74) is 0.445. The Morgan fingerprint density at radius 1 is 1.38 bits per heavy atom. The third kappa shape index (κ3) is 4.20. The number of nitrogens with one attached hydrogen (secondary N) is 1. The Balaban J connectivity index is 2.01. The van der Waals surface area contributed by atoms with Crippen LogP contribution in [0.4, 0.5) is 23.2 Å². The lowest BCUT2D eigenvalue weighted by atomic mass is 9.98. The first kappa shape index (κ1) is 16.3. The largest absolute Gasteiger partial charge is 0.393 e. The first-order valence-electron chi connectivity index (χ1n) is 6.35. The van der Waals surface area contributed by atoms with Gasteiger partial charge in [-0.15, -0.1) is 0 Å². The molecule has 2 nitrogen and oxygen atoms in total. The van der Waals surface area contributed by atoms with Gasteiger partial charge in [-0.05, 0) is 43.3 Å². The number of hydrogen-bond donors (Lipinski definition) is 1. The smallest absolute Gasteiger partial charge is 0.348 e. The maximum absolute atomic E-state index is 13.0. The lowest BCUT2D eigenvalue weighted by Crippen LogP contribution is -2.46. The molecule has 21 heavy (non-hydrogen) atoms. The van der Waals surface area contributed by atoms with Crippen LogP contribution in [-0.4, -0.2) is 29.3 Å². The van der Waals surface area contributed by atoms with Crippen LogP contribution >= 0.6 is 23.8 Å². The van der Waals surface area contributed by atoms with E-state index in [1.807, 2.05) is 0 Å². The monoisotopic (exact) mass is 340 g/mol. The molecule has 1 atom stereocenters. The second-order valence-corrected chi connectivity index (χ2v) is 5.68. The summed E-state index contributed by atoms with van der Waals surface area (Å²) in [4.78, 5) is 1.48. The molecule has 0 saturated carbocycles. The van der Waals surface area contributed by atoms with Crippen LogP contribution in [0.25, 0.3) is 0 Å². The third-order valence-electron chi connectivity index (χ3n) is 3.34. The Labute approximate surface area is 130 Å². The van der Waals surface area contributed by atoms with Gasteiger partial charge < -0.3 is 10.2 Å². The van der Waals surface area contributed by atoms with Gasteiger partial charge >= 0.3 is 6.18 Å². The summed E-state index contributed by atoms with van der Waals surface area (Å²) >= 11 is 10.8. The minimum atomic E-state index is -4.21. The Bertz CT molecular complexity index is 535. The van der Waals surface area contributed by atoms with E-state index in [0.717, 1.165) is 0 Å². The number of rotatable bonds is 1. The van der Waals surface area contributed by atoms with Gasteiger partial charge in [0.25, 0.3) is 0 Å². The van der Waals surface area contributed by atoms with Crippen LogP contribution in [0.3, 0.4) is 0 Å². The molecular formula is C13H13ClF4N2S. The normalized spacial score (nSPS) is 19.5. The molecule has 116 valence electrons. The van der Waals surface area contributed by atoms with Gasteiger partial charge in [0.2, 0.25) is 0 Å². The number of likely N-dealkylation sites (tertiary alicyclic amines) is 1. The Kier molecular flexibility index (Phi) is 4.93. The zero-order valence-corrected chi connectivity index (χ0v) is 12.5. The van der Waals surface area contributed by atoms with Crippen LogP contribution in [-0.2, 0) is 0 Å². The third-order valence-corrected chi connectivity index (χ3v) is 3.99. The molecule has 1 aromatic carbocycles. The van der Waals surface area contributed by atoms with E-state index in [0.29, 0.717) is 18.7 Å². The summed E-state index contributed by atoms with van der Waals surface area (Å²) in [6.45, 7) is 0.303. The summed E-state index contributed by atoms with van der Waals surface area (Å²) in [7, 11) is 0. The van der Waals surface area contributed by atoms with Gasteiger partial charge in [0.15, 0.2) is 5.11 Å². The molecule has 0 amide bonds. The maximum atomic E-state index is 13.0. The van der Waals surface area contributed by atoms with Gasteiger partial charge in [-0.3, -0.25) is 0 Å². The standard InChI is InChI=1S/C13H13ClF4N2S/c14-10-6-9(3-4-11(10)15)19-12(21)20-5-1-2-8(7-20)13(16,17)18/h3-4,6,8H,1-2,5,7H2,(H,19,21). The second-order valence-electron chi connectivity index (χ2n) is 4.89. The molecule has 0 spiro atoms. The number of piperidine rings is 1. The number of benzene rings is 1. The van der Waals surface area contributed by atoms with E-state index in [2.05, 4.69) is 5.32 Å². The van der Waals surface area contributed by atoms with Crippen molar-refractivity contribution in [2.45, 2.75) is 19.0 Å². The van der Waals surface area contributed by atoms with Crippen LogP contribution < -0.4 is 5.32 Å². The molecule has 1 aliphatic heterocycles. The van der Waals surface area contributed by atoms with Crippen LogP contribution in [0.5, 0.6) is 0 Å². The molecule has 2 rings (SSSR count). The molecule has 1 fully saturated rings. The highest BCUT2D eigenvalue weighted by molar-refractivity contribution is 7.80. The van der Waals surface area contributed by atoms with E-state index in [1.54, 1.807) is 0 Å². The molecule has 1 saturated heterocycles. The zero-order chi connectivity index (χ0) is 15.6. The van der Waals surface area contributed by atoms with E-state index in [1.165, 1.54) is 23.1 Å². The van der Waals surface area contributed by atoms with Crippen LogP contribution in [0, 0.1) is 11.7 Å². The van der Waals surface area contributed by atoms with Crippen molar-refractivity contribution in [2.24, 2.45) is 5.92 Å². The molecule has 1 aromatic rings. The highest BCUT2D eigenvalue weighted by Crippen LogP contribution is 2.33. The Morgan fingerprint density at radius 3 is 2.71 bits per heavy atom. The molecule has 1 N–H and O–H groups in total. The highest BCUT2D eigenvalue weighted by atomic mass is 35.5. The highest BCUT2D eigenvalue weighted by Gasteiger charge is 2.42. The SMILES string of the molecule is Fc1ccc(NC(=S)N2CCCC(C(F)(F)F)C2)cc1Cl. The predicted molar refractivity (Wildman–Crippen MR) is 78.0 cm³/mol. The van der Waals surface area contributed by atoms with Crippen molar-refractivity contribution < 1.29 is 17.6 Å². The summed E-state index contributed by atoms with van der Waals surface area (Å²) in [6, 6.07) is 3.94. The molecule has 1 aliphatic rings. The van der Waals surface area contributed by atoms with E-state index in [-0.39, 0.29) is 23.1 Å². The van der Waals surface area contributed by atoms with Crippen molar-refractivity contribution in [3.8, 4) is 0 Å². The number of hydrogen-bond acceptors (Lipinski definition) is 1. The molecule has 1 heterocycles. The fourth-order valence-electron chi connectivity index (χ4n) is 2.21.